The van der Waals surface area contributed by atoms with Gasteiger partial charge < -0.3 is 9.84 Å². The number of ether oxygens (including phenoxy) is 1. The van der Waals surface area contributed by atoms with E-state index in [1.807, 2.05) is 49.4 Å². The van der Waals surface area contributed by atoms with Gasteiger partial charge in [-0.05, 0) is 48.2 Å². The standard InChI is InChI=1S/C22H21NO4/c1-4-17-13(3)18(21(24)25)19(20(23-17)22(26)27-5-2)16-11-10-14-8-6-7-9-15(14)12-16/h6-12H,4-5H2,1-3H3,(H,24,25). The molecule has 1 N–H and O–H groups in total. The SMILES string of the molecule is CCOC(=O)c1nc(CC)c(C)c(C(=O)O)c1-c1ccc2ccccc2c1. The number of nitrogens with zero attached hydrogens (tertiary/aromatic N) is 1. The van der Waals surface area contributed by atoms with Gasteiger partial charge in [0.25, 0.3) is 0 Å². The van der Waals surface area contributed by atoms with E-state index < -0.39 is 11.9 Å². The van der Waals surface area contributed by atoms with Crippen molar-refractivity contribution in [2.75, 3.05) is 6.61 Å². The average molecular weight is 363 g/mol. The number of benzene rings is 2. The van der Waals surface area contributed by atoms with Gasteiger partial charge in [0.1, 0.15) is 0 Å². The molecular formula is C22H21NO4. The molecule has 2 aromatic carbocycles. The van der Waals surface area contributed by atoms with Crippen LogP contribution in [0.25, 0.3) is 21.9 Å². The van der Waals surface area contributed by atoms with Crippen molar-refractivity contribution in [3.63, 3.8) is 0 Å². The van der Waals surface area contributed by atoms with Crippen LogP contribution in [0, 0.1) is 6.92 Å². The molecule has 0 aliphatic carbocycles. The van der Waals surface area contributed by atoms with E-state index in [-0.39, 0.29) is 17.9 Å². The fourth-order valence-corrected chi connectivity index (χ4v) is 3.31. The lowest BCUT2D eigenvalue weighted by molar-refractivity contribution is 0.0520. The summed E-state index contributed by atoms with van der Waals surface area (Å²) in [7, 11) is 0. The summed E-state index contributed by atoms with van der Waals surface area (Å²) in [5.74, 6) is -1.70. The van der Waals surface area contributed by atoms with Gasteiger partial charge in [-0.3, -0.25) is 0 Å². The highest BCUT2D eigenvalue weighted by atomic mass is 16.5. The average Bonchev–Trinajstić information content (AvgIpc) is 2.67. The Labute approximate surface area is 157 Å². The van der Waals surface area contributed by atoms with Gasteiger partial charge >= 0.3 is 11.9 Å². The van der Waals surface area contributed by atoms with Gasteiger partial charge in [-0.2, -0.15) is 0 Å². The highest BCUT2D eigenvalue weighted by Gasteiger charge is 2.27. The van der Waals surface area contributed by atoms with Crippen molar-refractivity contribution >= 4 is 22.7 Å². The molecule has 3 rings (SSSR count). The largest absolute Gasteiger partial charge is 0.478 e. The maximum atomic E-state index is 12.6. The molecule has 1 heterocycles. The molecule has 27 heavy (non-hydrogen) atoms. The van der Waals surface area contributed by atoms with E-state index in [9.17, 15) is 14.7 Å². The van der Waals surface area contributed by atoms with Gasteiger partial charge in [0.2, 0.25) is 0 Å². The summed E-state index contributed by atoms with van der Waals surface area (Å²) in [6, 6.07) is 13.4. The third-order valence-electron chi connectivity index (χ3n) is 4.60. The van der Waals surface area contributed by atoms with Crippen molar-refractivity contribution in [2.45, 2.75) is 27.2 Å². The number of hydrogen-bond donors (Lipinski definition) is 1. The van der Waals surface area contributed by atoms with Crippen LogP contribution in [0.1, 0.15) is 46.0 Å². The minimum absolute atomic E-state index is 0.0481. The molecule has 5 nitrogen and oxygen atoms in total. The molecule has 5 heteroatoms. The van der Waals surface area contributed by atoms with Crippen LogP contribution in [-0.4, -0.2) is 28.6 Å². The Balaban J connectivity index is 2.38. The summed E-state index contributed by atoms with van der Waals surface area (Å²) >= 11 is 0. The molecule has 0 spiro atoms. The second kappa shape index (κ2) is 7.58. The van der Waals surface area contributed by atoms with Gasteiger partial charge in [0, 0.05) is 11.3 Å². The van der Waals surface area contributed by atoms with Gasteiger partial charge in [-0.1, -0.05) is 43.3 Å². The normalized spacial score (nSPS) is 10.8. The van der Waals surface area contributed by atoms with E-state index in [1.165, 1.54) is 0 Å². The molecule has 1 aromatic heterocycles. The number of esters is 1. The van der Waals surface area contributed by atoms with Crippen LogP contribution < -0.4 is 0 Å². The Morgan fingerprint density at radius 3 is 2.41 bits per heavy atom. The topological polar surface area (TPSA) is 76.5 Å². The monoisotopic (exact) mass is 363 g/mol. The first kappa shape index (κ1) is 18.6. The number of rotatable bonds is 5. The number of carbonyl (C=O) groups excluding carboxylic acids is 1. The van der Waals surface area contributed by atoms with E-state index in [0.29, 0.717) is 28.8 Å². The number of pyridine rings is 1. The van der Waals surface area contributed by atoms with E-state index in [0.717, 1.165) is 10.8 Å². The molecule has 0 unspecified atom stereocenters. The van der Waals surface area contributed by atoms with Crippen LogP contribution >= 0.6 is 0 Å². The number of carbonyl (C=O) groups is 2. The van der Waals surface area contributed by atoms with Crippen LogP contribution in [0.4, 0.5) is 0 Å². The van der Waals surface area contributed by atoms with E-state index in [4.69, 9.17) is 4.74 Å². The van der Waals surface area contributed by atoms with Gasteiger partial charge in [0.05, 0.1) is 12.2 Å². The van der Waals surface area contributed by atoms with Gasteiger partial charge in [-0.25, -0.2) is 14.6 Å². The number of carboxylic acids is 1. The van der Waals surface area contributed by atoms with Crippen LogP contribution in [0.3, 0.4) is 0 Å². The first-order chi connectivity index (χ1) is 13.0. The van der Waals surface area contributed by atoms with Crippen molar-refractivity contribution in [2.24, 2.45) is 0 Å². The van der Waals surface area contributed by atoms with Crippen LogP contribution in [0.2, 0.25) is 0 Å². The second-order valence-corrected chi connectivity index (χ2v) is 6.22. The summed E-state index contributed by atoms with van der Waals surface area (Å²) in [5.41, 5.74) is 2.24. The molecule has 0 radical (unpaired) electrons. The van der Waals surface area contributed by atoms with E-state index >= 15 is 0 Å². The molecule has 0 aliphatic heterocycles. The number of aromatic carboxylic acids is 1. The Kier molecular flexibility index (Phi) is 5.21. The highest BCUT2D eigenvalue weighted by molar-refractivity contribution is 6.06. The van der Waals surface area contributed by atoms with Crippen LogP contribution in [0.15, 0.2) is 42.5 Å². The zero-order valence-corrected chi connectivity index (χ0v) is 15.6. The third-order valence-corrected chi connectivity index (χ3v) is 4.60. The van der Waals surface area contributed by atoms with Crippen molar-refractivity contribution in [3.8, 4) is 11.1 Å². The van der Waals surface area contributed by atoms with Crippen LogP contribution in [-0.2, 0) is 11.2 Å². The van der Waals surface area contributed by atoms with Crippen molar-refractivity contribution < 1.29 is 19.4 Å². The van der Waals surface area contributed by atoms with Crippen molar-refractivity contribution in [3.05, 3.63) is 65.0 Å². The highest BCUT2D eigenvalue weighted by Crippen LogP contribution is 2.33. The maximum Gasteiger partial charge on any atom is 0.357 e. The molecule has 0 atom stereocenters. The van der Waals surface area contributed by atoms with Crippen LogP contribution in [0.5, 0.6) is 0 Å². The molecule has 0 fully saturated rings. The quantitative estimate of drug-likeness (QED) is 0.668. The van der Waals surface area contributed by atoms with E-state index in [1.54, 1.807) is 13.8 Å². The number of carboxylic acid groups (broad SMARTS) is 1. The van der Waals surface area contributed by atoms with E-state index in [2.05, 4.69) is 4.98 Å². The Bertz CT molecular complexity index is 1040. The predicted octanol–water partition coefficient (Wildman–Crippen LogP) is 4.65. The van der Waals surface area contributed by atoms with Crippen molar-refractivity contribution in [1.29, 1.82) is 0 Å². The fourth-order valence-electron chi connectivity index (χ4n) is 3.31. The lowest BCUT2D eigenvalue weighted by atomic mass is 9.91. The lowest BCUT2D eigenvalue weighted by Crippen LogP contribution is -2.16. The number of aryl methyl sites for hydroxylation is 1. The second-order valence-electron chi connectivity index (χ2n) is 6.22. The molecule has 0 amide bonds. The van der Waals surface area contributed by atoms with Crippen molar-refractivity contribution in [1.82, 2.24) is 4.98 Å². The molecule has 0 saturated heterocycles. The molecule has 3 aromatic rings. The molecule has 138 valence electrons. The number of aromatic nitrogens is 1. The predicted molar refractivity (Wildman–Crippen MR) is 104 cm³/mol. The fraction of sp³-hybridized carbons (Fsp3) is 0.227. The van der Waals surface area contributed by atoms with Gasteiger partial charge in [0.15, 0.2) is 5.69 Å². The zero-order chi connectivity index (χ0) is 19.6. The minimum atomic E-state index is -1.08. The first-order valence-corrected chi connectivity index (χ1v) is 8.91. The number of hydrogen-bond acceptors (Lipinski definition) is 4. The third kappa shape index (κ3) is 3.40. The Hall–Kier alpha value is -3.21. The smallest absolute Gasteiger partial charge is 0.357 e. The Morgan fingerprint density at radius 1 is 1.07 bits per heavy atom. The summed E-state index contributed by atoms with van der Waals surface area (Å²) in [6.07, 6.45) is 0.524. The molecule has 0 saturated carbocycles. The molecule has 0 aliphatic rings. The summed E-state index contributed by atoms with van der Waals surface area (Å²) in [5, 5.41) is 11.9. The lowest BCUT2D eigenvalue weighted by Gasteiger charge is -2.17. The maximum absolute atomic E-state index is 12.6. The molecule has 0 bridgehead atoms. The number of fused-ring (bicyclic) bond motifs is 1. The summed E-state index contributed by atoms with van der Waals surface area (Å²) in [4.78, 5) is 29.2. The first-order valence-electron chi connectivity index (χ1n) is 8.91. The molecular weight excluding hydrogens is 342 g/mol. The Morgan fingerprint density at radius 2 is 1.78 bits per heavy atom. The van der Waals surface area contributed by atoms with Gasteiger partial charge in [-0.15, -0.1) is 0 Å². The summed E-state index contributed by atoms with van der Waals surface area (Å²) < 4.78 is 5.16. The minimum Gasteiger partial charge on any atom is -0.478 e. The zero-order valence-electron chi connectivity index (χ0n) is 15.6. The summed E-state index contributed by atoms with van der Waals surface area (Å²) in [6.45, 7) is 5.51.